The van der Waals surface area contributed by atoms with Crippen molar-refractivity contribution in [2.75, 3.05) is 0 Å². The molecule has 0 aliphatic carbocycles. The number of benzene rings is 3. The first-order valence-electron chi connectivity index (χ1n) is 7.26. The Morgan fingerprint density at radius 2 is 1.52 bits per heavy atom. The summed E-state index contributed by atoms with van der Waals surface area (Å²) in [4.78, 5) is 0. The van der Waals surface area contributed by atoms with Gasteiger partial charge in [-0.3, -0.25) is 0 Å². The lowest BCUT2D eigenvalue weighted by atomic mass is 10.00. The third kappa shape index (κ3) is 2.24. The van der Waals surface area contributed by atoms with E-state index in [-0.39, 0.29) is 0 Å². The van der Waals surface area contributed by atoms with E-state index in [1.807, 2.05) is 11.3 Å². The maximum absolute atomic E-state index is 2.35. The highest BCUT2D eigenvalue weighted by Crippen LogP contribution is 2.34. The van der Waals surface area contributed by atoms with Gasteiger partial charge in [0, 0.05) is 20.2 Å². The summed E-state index contributed by atoms with van der Waals surface area (Å²) in [5.74, 6) is 0. The number of rotatable bonds is 2. The molecule has 0 saturated heterocycles. The second-order valence-electron chi connectivity index (χ2n) is 5.53. The van der Waals surface area contributed by atoms with Gasteiger partial charge in [0.1, 0.15) is 0 Å². The van der Waals surface area contributed by atoms with Gasteiger partial charge in [0.05, 0.1) is 0 Å². The van der Waals surface area contributed by atoms with Crippen LogP contribution in [0.4, 0.5) is 0 Å². The first-order valence-corrected chi connectivity index (χ1v) is 8.07. The molecule has 0 bridgehead atoms. The fraction of sp³-hybridized carbons (Fsp3) is 0.100. The van der Waals surface area contributed by atoms with E-state index in [1.54, 1.807) is 0 Å². The molecule has 4 rings (SSSR count). The zero-order valence-electron chi connectivity index (χ0n) is 12.0. The van der Waals surface area contributed by atoms with Gasteiger partial charge in [-0.05, 0) is 42.2 Å². The third-order valence-corrected chi connectivity index (χ3v) is 5.23. The van der Waals surface area contributed by atoms with Crippen LogP contribution in [-0.4, -0.2) is 0 Å². The van der Waals surface area contributed by atoms with Crippen LogP contribution in [0.3, 0.4) is 0 Å². The van der Waals surface area contributed by atoms with Crippen LogP contribution in [0.15, 0.2) is 66.7 Å². The highest BCUT2D eigenvalue weighted by molar-refractivity contribution is 7.25. The van der Waals surface area contributed by atoms with Gasteiger partial charge in [-0.15, -0.1) is 11.3 Å². The van der Waals surface area contributed by atoms with E-state index in [4.69, 9.17) is 0 Å². The summed E-state index contributed by atoms with van der Waals surface area (Å²) in [5, 5.41) is 2.75. The van der Waals surface area contributed by atoms with Crippen LogP contribution in [-0.2, 0) is 6.42 Å². The summed E-state index contributed by atoms with van der Waals surface area (Å²) in [7, 11) is 0. The molecule has 0 spiro atoms. The molecule has 0 aliphatic rings. The first-order chi connectivity index (χ1) is 10.3. The van der Waals surface area contributed by atoms with Crippen LogP contribution in [0.5, 0.6) is 0 Å². The molecule has 0 unspecified atom stereocenters. The van der Waals surface area contributed by atoms with Crippen LogP contribution < -0.4 is 0 Å². The number of fused-ring (bicyclic) bond motifs is 3. The molecule has 0 saturated carbocycles. The molecular weight excluding hydrogens is 272 g/mol. The van der Waals surface area contributed by atoms with Crippen molar-refractivity contribution < 1.29 is 0 Å². The molecule has 102 valence electrons. The van der Waals surface area contributed by atoms with Gasteiger partial charge in [-0.25, -0.2) is 0 Å². The van der Waals surface area contributed by atoms with Crippen molar-refractivity contribution in [3.8, 4) is 0 Å². The normalized spacial score (nSPS) is 11.3. The van der Waals surface area contributed by atoms with Crippen molar-refractivity contribution in [2.45, 2.75) is 13.3 Å². The molecule has 0 fully saturated rings. The monoisotopic (exact) mass is 288 g/mol. The minimum absolute atomic E-state index is 1.01. The summed E-state index contributed by atoms with van der Waals surface area (Å²) < 4.78 is 2.77. The lowest BCUT2D eigenvalue weighted by molar-refractivity contribution is 1.16. The van der Waals surface area contributed by atoms with Gasteiger partial charge in [-0.1, -0.05) is 54.6 Å². The Morgan fingerprint density at radius 3 is 2.43 bits per heavy atom. The molecule has 21 heavy (non-hydrogen) atoms. The molecule has 1 heterocycles. The van der Waals surface area contributed by atoms with Crippen molar-refractivity contribution in [3.63, 3.8) is 0 Å². The number of hydrogen-bond acceptors (Lipinski definition) is 1. The van der Waals surface area contributed by atoms with Crippen molar-refractivity contribution >= 4 is 31.5 Å². The third-order valence-electron chi connectivity index (χ3n) is 4.10. The smallest absolute Gasteiger partial charge is 0.0358 e. The van der Waals surface area contributed by atoms with Crippen LogP contribution in [0.25, 0.3) is 20.2 Å². The van der Waals surface area contributed by atoms with Gasteiger partial charge >= 0.3 is 0 Å². The van der Waals surface area contributed by atoms with Gasteiger partial charge in [0.2, 0.25) is 0 Å². The van der Waals surface area contributed by atoms with Crippen molar-refractivity contribution in [1.29, 1.82) is 0 Å². The summed E-state index contributed by atoms with van der Waals surface area (Å²) in [6, 6.07) is 24.2. The summed E-state index contributed by atoms with van der Waals surface area (Å²) >= 11 is 1.89. The quantitative estimate of drug-likeness (QED) is 0.427. The average molecular weight is 288 g/mol. The summed E-state index contributed by atoms with van der Waals surface area (Å²) in [5.41, 5.74) is 4.18. The van der Waals surface area contributed by atoms with E-state index in [0.717, 1.165) is 6.42 Å². The zero-order valence-corrected chi connectivity index (χ0v) is 12.8. The minimum atomic E-state index is 1.01. The van der Waals surface area contributed by atoms with Gasteiger partial charge in [0.15, 0.2) is 0 Å². The molecule has 0 atom stereocenters. The number of hydrogen-bond donors (Lipinski definition) is 0. The lowest BCUT2D eigenvalue weighted by Gasteiger charge is -2.05. The second kappa shape index (κ2) is 5.01. The molecule has 3 aromatic carbocycles. The Labute approximate surface area is 128 Å². The van der Waals surface area contributed by atoms with E-state index in [9.17, 15) is 0 Å². The molecule has 0 aliphatic heterocycles. The number of thiophene rings is 1. The van der Waals surface area contributed by atoms with E-state index in [2.05, 4.69) is 73.7 Å². The predicted octanol–water partition coefficient (Wildman–Crippen LogP) is 5.95. The largest absolute Gasteiger partial charge is 0.135 e. The SMILES string of the molecule is Cc1ccccc1Cc1ccc2c(c1)sc1ccccc12. The van der Waals surface area contributed by atoms with Crippen molar-refractivity contribution in [1.82, 2.24) is 0 Å². The molecule has 0 nitrogen and oxygen atoms in total. The fourth-order valence-corrected chi connectivity index (χ4v) is 4.08. The van der Waals surface area contributed by atoms with E-state index in [1.165, 1.54) is 36.9 Å². The Morgan fingerprint density at radius 1 is 0.762 bits per heavy atom. The Bertz CT molecular complexity index is 931. The van der Waals surface area contributed by atoms with E-state index < -0.39 is 0 Å². The standard InChI is InChI=1S/C20H16S/c1-14-6-2-3-7-16(14)12-15-10-11-18-17-8-4-5-9-19(17)21-20(18)13-15/h2-11,13H,12H2,1H3. The molecule has 0 N–H and O–H groups in total. The minimum Gasteiger partial charge on any atom is -0.135 e. The van der Waals surface area contributed by atoms with E-state index in [0.29, 0.717) is 0 Å². The first kappa shape index (κ1) is 12.6. The molecular formula is C20H16S. The maximum Gasteiger partial charge on any atom is 0.0358 e. The molecule has 0 amide bonds. The van der Waals surface area contributed by atoms with Gasteiger partial charge in [-0.2, -0.15) is 0 Å². The Kier molecular flexibility index (Phi) is 3.01. The summed E-state index contributed by atoms with van der Waals surface area (Å²) in [6.07, 6.45) is 1.01. The Balaban J connectivity index is 1.80. The molecule has 4 aromatic rings. The molecule has 1 aromatic heterocycles. The topological polar surface area (TPSA) is 0 Å². The van der Waals surface area contributed by atoms with Crippen LogP contribution >= 0.6 is 11.3 Å². The molecule has 1 heteroatoms. The van der Waals surface area contributed by atoms with Crippen LogP contribution in [0.1, 0.15) is 16.7 Å². The van der Waals surface area contributed by atoms with Gasteiger partial charge < -0.3 is 0 Å². The van der Waals surface area contributed by atoms with Crippen LogP contribution in [0.2, 0.25) is 0 Å². The fourth-order valence-electron chi connectivity index (χ4n) is 2.91. The van der Waals surface area contributed by atoms with Crippen LogP contribution in [0, 0.1) is 6.92 Å². The van der Waals surface area contributed by atoms with E-state index >= 15 is 0 Å². The maximum atomic E-state index is 2.35. The second-order valence-corrected chi connectivity index (χ2v) is 6.62. The summed E-state index contributed by atoms with van der Waals surface area (Å²) in [6.45, 7) is 2.19. The van der Waals surface area contributed by atoms with Gasteiger partial charge in [0.25, 0.3) is 0 Å². The number of aryl methyl sites for hydroxylation is 1. The highest BCUT2D eigenvalue weighted by atomic mass is 32.1. The predicted molar refractivity (Wildman–Crippen MR) is 93.3 cm³/mol. The van der Waals surface area contributed by atoms with Crippen molar-refractivity contribution in [3.05, 3.63) is 83.4 Å². The molecule has 0 radical (unpaired) electrons. The van der Waals surface area contributed by atoms with Crippen molar-refractivity contribution in [2.24, 2.45) is 0 Å². The zero-order chi connectivity index (χ0) is 14.2. The highest BCUT2D eigenvalue weighted by Gasteiger charge is 2.06. The lowest BCUT2D eigenvalue weighted by Crippen LogP contribution is -1.90. The average Bonchev–Trinajstić information content (AvgIpc) is 2.87. The Hall–Kier alpha value is -2.12.